The predicted molar refractivity (Wildman–Crippen MR) is 90.9 cm³/mol. The highest BCUT2D eigenvalue weighted by Crippen LogP contribution is 2.05. The quantitative estimate of drug-likeness (QED) is 0.774. The summed E-state index contributed by atoms with van der Waals surface area (Å²) in [5.41, 5.74) is 2.03. The summed E-state index contributed by atoms with van der Waals surface area (Å²) in [7, 11) is 1.76. The third-order valence-electron chi connectivity index (χ3n) is 3.78. The van der Waals surface area contributed by atoms with Crippen LogP contribution in [0.5, 0.6) is 0 Å². The molecule has 2 aromatic rings. The van der Waals surface area contributed by atoms with Crippen LogP contribution in [-0.4, -0.2) is 51.7 Å². The van der Waals surface area contributed by atoms with Crippen LogP contribution in [-0.2, 0) is 22.6 Å². The van der Waals surface area contributed by atoms with E-state index < -0.39 is 0 Å². The SMILES string of the molecule is CC(=O)N(CC(=O)N(C)CCc1ccncc1)Cc1cccnc1. The van der Waals surface area contributed by atoms with Crippen LogP contribution in [0.25, 0.3) is 0 Å². The Bertz CT molecular complexity index is 661. The van der Waals surface area contributed by atoms with Crippen molar-refractivity contribution >= 4 is 11.8 Å². The molecule has 0 bridgehead atoms. The molecular weight excluding hydrogens is 304 g/mol. The summed E-state index contributed by atoms with van der Waals surface area (Å²) in [4.78, 5) is 35.4. The number of likely N-dealkylation sites (N-methyl/N-ethyl adjacent to an activating group) is 1. The fourth-order valence-corrected chi connectivity index (χ4v) is 2.25. The molecule has 0 aliphatic carbocycles. The lowest BCUT2D eigenvalue weighted by atomic mass is 10.2. The monoisotopic (exact) mass is 326 g/mol. The van der Waals surface area contributed by atoms with Gasteiger partial charge in [0.25, 0.3) is 0 Å². The smallest absolute Gasteiger partial charge is 0.241 e. The minimum Gasteiger partial charge on any atom is -0.344 e. The molecule has 0 aromatic carbocycles. The standard InChI is InChI=1S/C18H22N4O2/c1-15(23)22(13-17-4-3-8-20-12-17)14-18(24)21(2)11-7-16-5-9-19-10-6-16/h3-6,8-10,12H,7,11,13-14H2,1-2H3. The number of carbonyl (C=O) groups is 2. The molecule has 0 saturated heterocycles. The number of amides is 2. The lowest BCUT2D eigenvalue weighted by Crippen LogP contribution is -2.40. The average molecular weight is 326 g/mol. The zero-order valence-corrected chi connectivity index (χ0v) is 14.1. The molecule has 6 heteroatoms. The van der Waals surface area contributed by atoms with Gasteiger partial charge in [-0.15, -0.1) is 0 Å². The first-order valence-corrected chi connectivity index (χ1v) is 7.83. The second kappa shape index (κ2) is 8.76. The number of pyridine rings is 2. The van der Waals surface area contributed by atoms with Crippen molar-refractivity contribution in [3.63, 3.8) is 0 Å². The summed E-state index contributed by atoms with van der Waals surface area (Å²) >= 11 is 0. The Labute approximate surface area is 142 Å². The third kappa shape index (κ3) is 5.46. The van der Waals surface area contributed by atoms with Crippen LogP contribution >= 0.6 is 0 Å². The van der Waals surface area contributed by atoms with Crippen molar-refractivity contribution in [3.05, 3.63) is 60.2 Å². The van der Waals surface area contributed by atoms with Crippen molar-refractivity contribution in [2.24, 2.45) is 0 Å². The highest BCUT2D eigenvalue weighted by atomic mass is 16.2. The number of nitrogens with zero attached hydrogens (tertiary/aromatic N) is 4. The third-order valence-corrected chi connectivity index (χ3v) is 3.78. The zero-order chi connectivity index (χ0) is 17.4. The van der Waals surface area contributed by atoms with Gasteiger partial charge < -0.3 is 9.80 Å². The normalized spacial score (nSPS) is 10.2. The Balaban J connectivity index is 1.88. The van der Waals surface area contributed by atoms with Gasteiger partial charge in [-0.05, 0) is 35.7 Å². The minimum absolute atomic E-state index is 0.0665. The first-order chi connectivity index (χ1) is 11.6. The summed E-state index contributed by atoms with van der Waals surface area (Å²) < 4.78 is 0. The van der Waals surface area contributed by atoms with E-state index in [1.165, 1.54) is 11.8 Å². The molecular formula is C18H22N4O2. The molecule has 2 aromatic heterocycles. The first-order valence-electron chi connectivity index (χ1n) is 7.83. The fourth-order valence-electron chi connectivity index (χ4n) is 2.25. The molecule has 2 heterocycles. The van der Waals surface area contributed by atoms with E-state index in [2.05, 4.69) is 9.97 Å². The number of aromatic nitrogens is 2. The molecule has 0 unspecified atom stereocenters. The van der Waals surface area contributed by atoms with Crippen LogP contribution in [0.3, 0.4) is 0 Å². The van der Waals surface area contributed by atoms with Crippen LogP contribution in [0.1, 0.15) is 18.1 Å². The van der Waals surface area contributed by atoms with E-state index in [9.17, 15) is 9.59 Å². The molecule has 24 heavy (non-hydrogen) atoms. The molecule has 0 aliphatic heterocycles. The molecule has 0 saturated carbocycles. The van der Waals surface area contributed by atoms with Crippen molar-refractivity contribution < 1.29 is 9.59 Å². The summed E-state index contributed by atoms with van der Waals surface area (Å²) in [6.45, 7) is 2.52. The molecule has 6 nitrogen and oxygen atoms in total. The number of hydrogen-bond donors (Lipinski definition) is 0. The Morgan fingerprint density at radius 2 is 1.79 bits per heavy atom. The van der Waals surface area contributed by atoms with Gasteiger partial charge in [0.05, 0.1) is 0 Å². The summed E-state index contributed by atoms with van der Waals surface area (Å²) in [5, 5.41) is 0. The maximum atomic E-state index is 12.4. The molecule has 0 fully saturated rings. The topological polar surface area (TPSA) is 66.4 Å². The fraction of sp³-hybridized carbons (Fsp3) is 0.333. The van der Waals surface area contributed by atoms with Gasteiger partial charge in [0, 0.05) is 51.8 Å². The predicted octanol–water partition coefficient (Wildman–Crippen LogP) is 1.53. The second-order valence-electron chi connectivity index (χ2n) is 5.66. The lowest BCUT2D eigenvalue weighted by molar-refractivity contribution is -0.139. The van der Waals surface area contributed by atoms with Crippen LogP contribution in [0.4, 0.5) is 0 Å². The van der Waals surface area contributed by atoms with E-state index in [1.54, 1.807) is 36.7 Å². The van der Waals surface area contributed by atoms with Gasteiger partial charge in [-0.1, -0.05) is 6.07 Å². The van der Waals surface area contributed by atoms with Crippen molar-refractivity contribution in [1.29, 1.82) is 0 Å². The first kappa shape index (κ1) is 17.6. The van der Waals surface area contributed by atoms with Crippen molar-refractivity contribution in [2.75, 3.05) is 20.1 Å². The molecule has 0 radical (unpaired) electrons. The van der Waals surface area contributed by atoms with Gasteiger partial charge in [-0.2, -0.15) is 0 Å². The van der Waals surface area contributed by atoms with Crippen LogP contribution in [0, 0.1) is 0 Å². The summed E-state index contributed by atoms with van der Waals surface area (Å²) in [6, 6.07) is 7.57. The lowest BCUT2D eigenvalue weighted by Gasteiger charge is -2.24. The van der Waals surface area contributed by atoms with Gasteiger partial charge >= 0.3 is 0 Å². The van der Waals surface area contributed by atoms with Gasteiger partial charge in [0.1, 0.15) is 6.54 Å². The zero-order valence-electron chi connectivity index (χ0n) is 14.1. The highest BCUT2D eigenvalue weighted by Gasteiger charge is 2.17. The van der Waals surface area contributed by atoms with Crippen molar-refractivity contribution in [3.8, 4) is 0 Å². The van der Waals surface area contributed by atoms with E-state index in [-0.39, 0.29) is 18.4 Å². The molecule has 2 amide bonds. The van der Waals surface area contributed by atoms with Crippen LogP contribution in [0.2, 0.25) is 0 Å². The summed E-state index contributed by atoms with van der Waals surface area (Å²) in [5.74, 6) is -0.210. The summed E-state index contributed by atoms with van der Waals surface area (Å²) in [6.07, 6.45) is 7.62. The van der Waals surface area contributed by atoms with E-state index in [0.29, 0.717) is 13.1 Å². The van der Waals surface area contributed by atoms with Gasteiger partial charge in [-0.25, -0.2) is 0 Å². The molecule has 0 N–H and O–H groups in total. The van der Waals surface area contributed by atoms with Crippen molar-refractivity contribution in [1.82, 2.24) is 19.8 Å². The highest BCUT2D eigenvalue weighted by molar-refractivity contribution is 5.83. The van der Waals surface area contributed by atoms with Gasteiger partial charge in [-0.3, -0.25) is 19.6 Å². The molecule has 0 spiro atoms. The van der Waals surface area contributed by atoms with E-state index >= 15 is 0 Å². The van der Waals surface area contributed by atoms with E-state index in [4.69, 9.17) is 0 Å². The Morgan fingerprint density at radius 3 is 2.42 bits per heavy atom. The number of rotatable bonds is 7. The molecule has 2 rings (SSSR count). The van der Waals surface area contributed by atoms with E-state index in [1.807, 2.05) is 24.3 Å². The Kier molecular flexibility index (Phi) is 6.42. The maximum absolute atomic E-state index is 12.4. The maximum Gasteiger partial charge on any atom is 0.241 e. The second-order valence-corrected chi connectivity index (χ2v) is 5.66. The van der Waals surface area contributed by atoms with Crippen LogP contribution in [0.15, 0.2) is 49.1 Å². The average Bonchev–Trinajstić information content (AvgIpc) is 2.60. The van der Waals surface area contributed by atoms with Gasteiger partial charge in [0.15, 0.2) is 0 Å². The Morgan fingerprint density at radius 1 is 1.04 bits per heavy atom. The van der Waals surface area contributed by atoms with Crippen LogP contribution < -0.4 is 0 Å². The Hall–Kier alpha value is -2.76. The largest absolute Gasteiger partial charge is 0.344 e. The molecule has 0 aliphatic rings. The molecule has 0 atom stereocenters. The van der Waals surface area contributed by atoms with Gasteiger partial charge in [0.2, 0.25) is 11.8 Å². The van der Waals surface area contributed by atoms with Crippen molar-refractivity contribution in [2.45, 2.75) is 19.9 Å². The number of hydrogen-bond acceptors (Lipinski definition) is 4. The molecule has 126 valence electrons. The number of carbonyl (C=O) groups excluding carboxylic acids is 2. The minimum atomic E-state index is -0.130. The van der Waals surface area contributed by atoms with E-state index in [0.717, 1.165) is 17.5 Å².